The zero-order valence-corrected chi connectivity index (χ0v) is 11.3. The highest BCUT2D eigenvalue weighted by molar-refractivity contribution is 5.45. The summed E-state index contributed by atoms with van der Waals surface area (Å²) in [6.45, 7) is 2.79. The van der Waals surface area contributed by atoms with E-state index in [9.17, 15) is 0 Å². The van der Waals surface area contributed by atoms with Crippen LogP contribution in [0, 0.1) is 0 Å². The van der Waals surface area contributed by atoms with Gasteiger partial charge in [0.25, 0.3) is 0 Å². The van der Waals surface area contributed by atoms with Gasteiger partial charge in [-0.2, -0.15) is 4.98 Å². The van der Waals surface area contributed by atoms with Crippen molar-refractivity contribution in [3.05, 3.63) is 11.8 Å². The smallest absolute Gasteiger partial charge is 0.222 e. The Balaban J connectivity index is 1.81. The van der Waals surface area contributed by atoms with Crippen LogP contribution in [0.1, 0.15) is 31.1 Å². The van der Waals surface area contributed by atoms with E-state index >= 15 is 0 Å². The number of hydrogen-bond donors (Lipinski definition) is 2. The second-order valence-corrected chi connectivity index (χ2v) is 5.23. The molecule has 1 aromatic rings. The van der Waals surface area contributed by atoms with E-state index in [1.54, 1.807) is 0 Å². The van der Waals surface area contributed by atoms with Crippen molar-refractivity contribution in [3.8, 4) is 0 Å². The standard InChI is InChI=1S/C13H21N5O/c1-15-9-4-5-18(8-9)12-7-10(16-13(14)17-12)11-3-2-6-19-11/h7,9,11,15H,2-6,8H2,1H3,(H2,14,16,17)/t9-,11?/m1/s1. The fourth-order valence-corrected chi connectivity index (χ4v) is 2.81. The van der Waals surface area contributed by atoms with Crippen molar-refractivity contribution in [1.29, 1.82) is 0 Å². The molecular formula is C13H21N5O. The summed E-state index contributed by atoms with van der Waals surface area (Å²) in [4.78, 5) is 11.0. The van der Waals surface area contributed by atoms with Crippen LogP contribution in [-0.4, -0.2) is 42.8 Å². The van der Waals surface area contributed by atoms with E-state index < -0.39 is 0 Å². The molecule has 0 spiro atoms. The molecule has 3 rings (SSSR count). The number of nitrogens with zero attached hydrogens (tertiary/aromatic N) is 3. The number of nitrogens with one attached hydrogen (secondary N) is 1. The highest BCUT2D eigenvalue weighted by atomic mass is 16.5. The van der Waals surface area contributed by atoms with Crippen LogP contribution in [0.2, 0.25) is 0 Å². The molecule has 0 aliphatic carbocycles. The minimum Gasteiger partial charge on any atom is -0.372 e. The normalized spacial score (nSPS) is 27.1. The number of anilines is 2. The molecule has 6 heteroatoms. The van der Waals surface area contributed by atoms with Crippen LogP contribution < -0.4 is 16.0 Å². The van der Waals surface area contributed by atoms with Gasteiger partial charge in [-0.1, -0.05) is 0 Å². The Bertz CT molecular complexity index is 447. The molecule has 0 saturated carbocycles. The van der Waals surface area contributed by atoms with E-state index in [1.165, 1.54) is 0 Å². The van der Waals surface area contributed by atoms with Crippen LogP contribution in [0.4, 0.5) is 11.8 Å². The quantitative estimate of drug-likeness (QED) is 0.836. The van der Waals surface area contributed by atoms with Crippen LogP contribution in [0.25, 0.3) is 0 Å². The number of aromatic nitrogens is 2. The molecule has 0 aromatic carbocycles. The summed E-state index contributed by atoms with van der Waals surface area (Å²) in [5.74, 6) is 1.27. The summed E-state index contributed by atoms with van der Waals surface area (Å²) in [6, 6.07) is 2.56. The molecule has 2 aliphatic heterocycles. The van der Waals surface area contributed by atoms with Crippen LogP contribution in [0.5, 0.6) is 0 Å². The Morgan fingerprint density at radius 3 is 3.00 bits per heavy atom. The molecule has 2 saturated heterocycles. The van der Waals surface area contributed by atoms with Crippen LogP contribution in [-0.2, 0) is 4.74 Å². The Hall–Kier alpha value is -1.40. The van der Waals surface area contributed by atoms with Crippen molar-refractivity contribution in [2.45, 2.75) is 31.4 Å². The Labute approximate surface area is 113 Å². The van der Waals surface area contributed by atoms with Gasteiger partial charge >= 0.3 is 0 Å². The van der Waals surface area contributed by atoms with Crippen molar-refractivity contribution < 1.29 is 4.74 Å². The third-order valence-electron chi connectivity index (χ3n) is 3.93. The lowest BCUT2D eigenvalue weighted by molar-refractivity contribution is 0.108. The van der Waals surface area contributed by atoms with Gasteiger partial charge in [0, 0.05) is 31.8 Å². The van der Waals surface area contributed by atoms with Gasteiger partial charge in [0.1, 0.15) is 5.82 Å². The molecule has 2 aliphatic rings. The fourth-order valence-electron chi connectivity index (χ4n) is 2.81. The zero-order chi connectivity index (χ0) is 13.2. The molecule has 104 valence electrons. The van der Waals surface area contributed by atoms with Crippen LogP contribution >= 0.6 is 0 Å². The van der Waals surface area contributed by atoms with Crippen molar-refractivity contribution in [2.24, 2.45) is 0 Å². The maximum Gasteiger partial charge on any atom is 0.222 e. The first-order chi connectivity index (χ1) is 9.26. The number of nitrogen functional groups attached to an aromatic ring is 1. The highest BCUT2D eigenvalue weighted by Crippen LogP contribution is 2.30. The van der Waals surface area contributed by atoms with Crippen LogP contribution in [0.3, 0.4) is 0 Å². The molecule has 2 fully saturated rings. The van der Waals surface area contributed by atoms with Gasteiger partial charge in [0.15, 0.2) is 0 Å². The van der Waals surface area contributed by atoms with E-state index in [2.05, 4.69) is 20.2 Å². The predicted molar refractivity (Wildman–Crippen MR) is 74.0 cm³/mol. The van der Waals surface area contributed by atoms with Gasteiger partial charge in [-0.25, -0.2) is 4.98 Å². The predicted octanol–water partition coefficient (Wildman–Crippen LogP) is 0.708. The summed E-state index contributed by atoms with van der Waals surface area (Å²) < 4.78 is 5.68. The highest BCUT2D eigenvalue weighted by Gasteiger charge is 2.25. The maximum atomic E-state index is 5.84. The van der Waals surface area contributed by atoms with E-state index in [1.807, 2.05) is 13.1 Å². The summed E-state index contributed by atoms with van der Waals surface area (Å²) in [5.41, 5.74) is 6.77. The summed E-state index contributed by atoms with van der Waals surface area (Å²) >= 11 is 0. The van der Waals surface area contributed by atoms with Gasteiger partial charge < -0.3 is 20.7 Å². The van der Waals surface area contributed by atoms with Crippen molar-refractivity contribution in [1.82, 2.24) is 15.3 Å². The summed E-state index contributed by atoms with van der Waals surface area (Å²) in [7, 11) is 2.00. The van der Waals surface area contributed by atoms with E-state index in [-0.39, 0.29) is 6.10 Å². The van der Waals surface area contributed by atoms with Gasteiger partial charge in [-0.15, -0.1) is 0 Å². The van der Waals surface area contributed by atoms with E-state index in [0.29, 0.717) is 12.0 Å². The third kappa shape index (κ3) is 2.64. The first-order valence-electron chi connectivity index (χ1n) is 6.94. The SMILES string of the molecule is CN[C@@H]1CCN(c2cc(C3CCCO3)nc(N)n2)C1. The van der Waals surface area contributed by atoms with Gasteiger partial charge in [-0.3, -0.25) is 0 Å². The van der Waals surface area contributed by atoms with Crippen molar-refractivity contribution in [2.75, 3.05) is 37.4 Å². The average molecular weight is 263 g/mol. The first kappa shape index (κ1) is 12.6. The fraction of sp³-hybridized carbons (Fsp3) is 0.692. The molecule has 19 heavy (non-hydrogen) atoms. The molecule has 2 atom stereocenters. The molecule has 0 bridgehead atoms. The third-order valence-corrected chi connectivity index (χ3v) is 3.93. The first-order valence-corrected chi connectivity index (χ1v) is 6.94. The van der Waals surface area contributed by atoms with Crippen molar-refractivity contribution in [3.63, 3.8) is 0 Å². The van der Waals surface area contributed by atoms with Crippen molar-refractivity contribution >= 4 is 11.8 Å². The molecule has 1 aromatic heterocycles. The average Bonchev–Trinajstić information content (AvgIpc) is 3.09. The molecule has 0 radical (unpaired) electrons. The van der Waals surface area contributed by atoms with Crippen LogP contribution in [0.15, 0.2) is 6.07 Å². The van der Waals surface area contributed by atoms with E-state index in [0.717, 1.165) is 50.5 Å². The monoisotopic (exact) mass is 263 g/mol. The number of rotatable bonds is 3. The molecule has 3 N–H and O–H groups in total. The topological polar surface area (TPSA) is 76.3 Å². The number of likely N-dealkylation sites (N-methyl/N-ethyl adjacent to an activating group) is 1. The number of hydrogen-bond acceptors (Lipinski definition) is 6. The number of ether oxygens (including phenoxy) is 1. The molecule has 3 heterocycles. The second kappa shape index (κ2) is 5.30. The summed E-state index contributed by atoms with van der Waals surface area (Å²) in [6.07, 6.45) is 3.34. The Morgan fingerprint density at radius 1 is 1.42 bits per heavy atom. The lowest BCUT2D eigenvalue weighted by Gasteiger charge is -2.19. The van der Waals surface area contributed by atoms with E-state index in [4.69, 9.17) is 10.5 Å². The van der Waals surface area contributed by atoms with Gasteiger partial charge in [-0.05, 0) is 26.3 Å². The van der Waals surface area contributed by atoms with Gasteiger partial charge in [0.05, 0.1) is 11.8 Å². The lowest BCUT2D eigenvalue weighted by atomic mass is 10.2. The number of nitrogens with two attached hydrogens (primary N) is 1. The van der Waals surface area contributed by atoms with Gasteiger partial charge in [0.2, 0.25) is 5.95 Å². The zero-order valence-electron chi connectivity index (χ0n) is 11.3. The Morgan fingerprint density at radius 2 is 2.32 bits per heavy atom. The largest absolute Gasteiger partial charge is 0.372 e. The minimum atomic E-state index is 0.0896. The molecule has 0 amide bonds. The molecule has 1 unspecified atom stereocenters. The maximum absolute atomic E-state index is 5.84. The second-order valence-electron chi connectivity index (χ2n) is 5.23. The molecule has 6 nitrogen and oxygen atoms in total. The minimum absolute atomic E-state index is 0.0896. The lowest BCUT2D eigenvalue weighted by Crippen LogP contribution is -2.30. The Kier molecular flexibility index (Phi) is 3.52. The summed E-state index contributed by atoms with van der Waals surface area (Å²) in [5, 5.41) is 3.31. The molecular weight excluding hydrogens is 242 g/mol.